The van der Waals surface area contributed by atoms with Crippen LogP contribution in [-0.2, 0) is 6.54 Å². The number of nitrogens with zero attached hydrogens (tertiary/aromatic N) is 3. The monoisotopic (exact) mass is 360 g/mol. The van der Waals surface area contributed by atoms with Gasteiger partial charge < -0.3 is 14.8 Å². The molecule has 4 nitrogen and oxygen atoms in total. The maximum atomic E-state index is 5.72. The van der Waals surface area contributed by atoms with Crippen molar-refractivity contribution in [2.45, 2.75) is 52.1 Å². The SMILES string of the molecule is Cc1ccc(C)n1CCN1CCN(C(=S)N[C@@H]2C[C@@H]3CC[C@H]2C3)CC1. The maximum absolute atomic E-state index is 5.72. The van der Waals surface area contributed by atoms with E-state index in [2.05, 4.69) is 45.7 Å². The molecule has 1 saturated heterocycles. The zero-order valence-corrected chi connectivity index (χ0v) is 16.5. The van der Waals surface area contributed by atoms with Crippen molar-refractivity contribution in [3.05, 3.63) is 23.5 Å². The number of fused-ring (bicyclic) bond motifs is 2. The highest BCUT2D eigenvalue weighted by Crippen LogP contribution is 2.44. The van der Waals surface area contributed by atoms with E-state index in [1.54, 1.807) is 0 Å². The van der Waals surface area contributed by atoms with E-state index in [1.807, 2.05) is 0 Å². The fraction of sp³-hybridized carbons (Fsp3) is 0.750. The number of piperazine rings is 1. The Bertz CT molecular complexity index is 598. The van der Waals surface area contributed by atoms with E-state index in [-0.39, 0.29) is 0 Å². The first-order valence-electron chi connectivity index (χ1n) is 10.0. The normalized spacial score (nSPS) is 29.4. The molecule has 3 aliphatic rings. The molecule has 5 heteroatoms. The summed E-state index contributed by atoms with van der Waals surface area (Å²) in [4.78, 5) is 4.97. The van der Waals surface area contributed by atoms with Crippen LogP contribution in [-0.4, -0.2) is 58.2 Å². The molecule has 25 heavy (non-hydrogen) atoms. The molecule has 138 valence electrons. The van der Waals surface area contributed by atoms with Gasteiger partial charge >= 0.3 is 0 Å². The van der Waals surface area contributed by atoms with Crippen LogP contribution in [0.4, 0.5) is 0 Å². The first kappa shape index (κ1) is 17.3. The summed E-state index contributed by atoms with van der Waals surface area (Å²) in [5.41, 5.74) is 2.74. The van der Waals surface area contributed by atoms with Crippen LogP contribution in [0.15, 0.2) is 12.1 Å². The van der Waals surface area contributed by atoms with E-state index in [1.165, 1.54) is 37.1 Å². The lowest BCUT2D eigenvalue weighted by Gasteiger charge is -2.38. The molecule has 2 aliphatic carbocycles. The second-order valence-electron chi connectivity index (χ2n) is 8.33. The van der Waals surface area contributed by atoms with E-state index in [4.69, 9.17) is 12.2 Å². The standard InChI is InChI=1S/C20H32N4S/c1-15-3-4-16(2)24(15)12-9-22-7-10-23(11-8-22)20(25)21-19-14-17-5-6-18(19)13-17/h3-4,17-19H,5-14H2,1-2H3,(H,21,25)/t17-,18+,19-/m1/s1. The van der Waals surface area contributed by atoms with E-state index in [0.29, 0.717) is 6.04 Å². The van der Waals surface area contributed by atoms with Gasteiger partial charge in [0.2, 0.25) is 0 Å². The van der Waals surface area contributed by atoms with Crippen LogP contribution in [0.2, 0.25) is 0 Å². The quantitative estimate of drug-likeness (QED) is 0.834. The second-order valence-corrected chi connectivity index (χ2v) is 8.71. The van der Waals surface area contributed by atoms with E-state index >= 15 is 0 Å². The van der Waals surface area contributed by atoms with Crippen molar-refractivity contribution < 1.29 is 0 Å². The number of aromatic nitrogens is 1. The highest BCUT2D eigenvalue weighted by molar-refractivity contribution is 7.80. The van der Waals surface area contributed by atoms with Crippen molar-refractivity contribution >= 4 is 17.3 Å². The molecule has 0 radical (unpaired) electrons. The van der Waals surface area contributed by atoms with Gasteiger partial charge in [-0.15, -0.1) is 0 Å². The first-order valence-corrected chi connectivity index (χ1v) is 10.4. The molecular formula is C20H32N4S. The van der Waals surface area contributed by atoms with Gasteiger partial charge in [-0.1, -0.05) is 6.42 Å². The van der Waals surface area contributed by atoms with Crippen molar-refractivity contribution in [3.8, 4) is 0 Å². The summed E-state index contributed by atoms with van der Waals surface area (Å²) in [6, 6.07) is 5.09. The van der Waals surface area contributed by atoms with Gasteiger partial charge in [0.15, 0.2) is 5.11 Å². The summed E-state index contributed by atoms with van der Waals surface area (Å²) >= 11 is 5.72. The fourth-order valence-corrected chi connectivity index (χ4v) is 5.47. The summed E-state index contributed by atoms with van der Waals surface area (Å²) in [6.07, 6.45) is 5.65. The first-order chi connectivity index (χ1) is 12.1. The molecule has 1 aromatic heterocycles. The fourth-order valence-electron chi connectivity index (χ4n) is 5.14. The van der Waals surface area contributed by atoms with Crippen LogP contribution in [0.25, 0.3) is 0 Å². The van der Waals surface area contributed by atoms with Crippen molar-refractivity contribution in [1.82, 2.24) is 19.7 Å². The van der Waals surface area contributed by atoms with Crippen LogP contribution in [0.1, 0.15) is 37.1 Å². The van der Waals surface area contributed by atoms with E-state index in [9.17, 15) is 0 Å². The number of rotatable bonds is 4. The molecule has 0 spiro atoms. The van der Waals surface area contributed by atoms with Gasteiger partial charge in [-0.3, -0.25) is 4.90 Å². The minimum atomic E-state index is 0.656. The summed E-state index contributed by atoms with van der Waals surface area (Å²) in [5.74, 6) is 1.86. The Morgan fingerprint density at radius 1 is 1.04 bits per heavy atom. The Hall–Kier alpha value is -1.07. The smallest absolute Gasteiger partial charge is 0.169 e. The molecular weight excluding hydrogens is 328 g/mol. The number of aryl methyl sites for hydroxylation is 2. The molecule has 2 saturated carbocycles. The van der Waals surface area contributed by atoms with E-state index < -0.39 is 0 Å². The van der Waals surface area contributed by atoms with Gasteiger partial charge in [-0.25, -0.2) is 0 Å². The molecule has 3 atom stereocenters. The van der Waals surface area contributed by atoms with Crippen molar-refractivity contribution in [2.75, 3.05) is 32.7 Å². The molecule has 3 fully saturated rings. The van der Waals surface area contributed by atoms with Gasteiger partial charge in [0.25, 0.3) is 0 Å². The number of hydrogen-bond acceptors (Lipinski definition) is 2. The minimum Gasteiger partial charge on any atom is -0.360 e. The van der Waals surface area contributed by atoms with Crippen molar-refractivity contribution in [1.29, 1.82) is 0 Å². The average Bonchev–Trinajstić information content (AvgIpc) is 3.31. The minimum absolute atomic E-state index is 0.656. The molecule has 0 unspecified atom stereocenters. The maximum Gasteiger partial charge on any atom is 0.169 e. The predicted octanol–water partition coefficient (Wildman–Crippen LogP) is 2.79. The van der Waals surface area contributed by atoms with Crippen LogP contribution in [0.3, 0.4) is 0 Å². The van der Waals surface area contributed by atoms with Crippen molar-refractivity contribution in [2.24, 2.45) is 11.8 Å². The molecule has 2 bridgehead atoms. The molecule has 1 aromatic rings. The zero-order chi connectivity index (χ0) is 17.4. The highest BCUT2D eigenvalue weighted by atomic mass is 32.1. The third-order valence-electron chi connectivity index (χ3n) is 6.76. The summed E-state index contributed by atoms with van der Waals surface area (Å²) in [7, 11) is 0. The predicted molar refractivity (Wildman–Crippen MR) is 107 cm³/mol. The Kier molecular flexibility index (Phi) is 5.05. The topological polar surface area (TPSA) is 23.4 Å². The van der Waals surface area contributed by atoms with Gasteiger partial charge in [0.05, 0.1) is 0 Å². The third kappa shape index (κ3) is 3.72. The van der Waals surface area contributed by atoms with Gasteiger partial charge in [0.1, 0.15) is 0 Å². The van der Waals surface area contributed by atoms with Gasteiger partial charge in [0, 0.05) is 56.7 Å². The highest BCUT2D eigenvalue weighted by Gasteiger charge is 2.40. The zero-order valence-electron chi connectivity index (χ0n) is 15.7. The van der Waals surface area contributed by atoms with Gasteiger partial charge in [-0.2, -0.15) is 0 Å². The largest absolute Gasteiger partial charge is 0.360 e. The summed E-state index contributed by atoms with van der Waals surface area (Å²) in [6.45, 7) is 11.0. The van der Waals surface area contributed by atoms with Crippen LogP contribution < -0.4 is 5.32 Å². The van der Waals surface area contributed by atoms with Crippen molar-refractivity contribution in [3.63, 3.8) is 0 Å². The Labute approximate surface area is 157 Å². The number of thiocarbonyl (C=S) groups is 1. The summed E-state index contributed by atoms with van der Waals surface area (Å²) in [5, 5.41) is 4.71. The molecule has 0 amide bonds. The van der Waals surface area contributed by atoms with Crippen LogP contribution >= 0.6 is 12.2 Å². The molecule has 2 heterocycles. The van der Waals surface area contributed by atoms with E-state index in [0.717, 1.165) is 56.2 Å². The third-order valence-corrected chi connectivity index (χ3v) is 7.14. The van der Waals surface area contributed by atoms with Gasteiger partial charge in [-0.05, 0) is 69.3 Å². The molecule has 1 aliphatic heterocycles. The van der Waals surface area contributed by atoms with Crippen LogP contribution in [0.5, 0.6) is 0 Å². The molecule has 1 N–H and O–H groups in total. The average molecular weight is 361 g/mol. The number of hydrogen-bond donors (Lipinski definition) is 1. The lowest BCUT2D eigenvalue weighted by atomic mass is 9.95. The second kappa shape index (κ2) is 7.28. The lowest BCUT2D eigenvalue weighted by molar-refractivity contribution is 0.174. The Morgan fingerprint density at radius 3 is 2.36 bits per heavy atom. The molecule has 4 rings (SSSR count). The Balaban J connectivity index is 1.21. The summed E-state index contributed by atoms with van der Waals surface area (Å²) < 4.78 is 2.42. The lowest BCUT2D eigenvalue weighted by Crippen LogP contribution is -2.54. The number of nitrogens with one attached hydrogen (secondary N) is 1. The Morgan fingerprint density at radius 2 is 1.76 bits per heavy atom. The molecule has 0 aromatic carbocycles. The van der Waals surface area contributed by atoms with Crippen LogP contribution in [0, 0.1) is 25.7 Å².